The number of fused-ring (bicyclic) bond motifs is 1. The Morgan fingerprint density at radius 3 is 2.55 bits per heavy atom. The minimum Gasteiger partial charge on any atom is -0.352 e. The van der Waals surface area contributed by atoms with E-state index < -0.39 is 0 Å². The molecule has 0 bridgehead atoms. The van der Waals surface area contributed by atoms with Gasteiger partial charge in [0.1, 0.15) is 5.82 Å². The number of benzene rings is 2. The van der Waals surface area contributed by atoms with Gasteiger partial charge in [-0.2, -0.15) is 0 Å². The van der Waals surface area contributed by atoms with E-state index in [1.165, 1.54) is 6.07 Å². The fraction of sp³-hybridized carbons (Fsp3) is 0.167. The molecule has 1 atom stereocenters. The van der Waals surface area contributed by atoms with Crippen molar-refractivity contribution in [2.24, 2.45) is 7.05 Å². The molecule has 4 nitrogen and oxygen atoms in total. The minimum atomic E-state index is -0.375. The molecule has 0 spiro atoms. The van der Waals surface area contributed by atoms with Crippen LogP contribution in [0.4, 0.5) is 4.39 Å². The van der Waals surface area contributed by atoms with E-state index in [0.717, 1.165) is 22.0 Å². The molecule has 2 aromatic heterocycles. The average molecular weight is 387 g/mol. The summed E-state index contributed by atoms with van der Waals surface area (Å²) in [5, 5.41) is 3.98. The summed E-state index contributed by atoms with van der Waals surface area (Å²) in [6.45, 7) is 0.418. The molecule has 0 saturated heterocycles. The summed E-state index contributed by atoms with van der Waals surface area (Å²) in [6.07, 6.45) is 5.55. The van der Waals surface area contributed by atoms with Crippen molar-refractivity contribution in [1.82, 2.24) is 14.9 Å². The van der Waals surface area contributed by atoms with Gasteiger partial charge in [-0.05, 0) is 41.0 Å². The summed E-state index contributed by atoms with van der Waals surface area (Å²) >= 11 is 0. The second-order valence-electron chi connectivity index (χ2n) is 7.12. The van der Waals surface area contributed by atoms with Gasteiger partial charge in [-0.25, -0.2) is 4.39 Å². The topological polar surface area (TPSA) is 46.9 Å². The third-order valence-corrected chi connectivity index (χ3v) is 5.21. The molecule has 0 fully saturated rings. The van der Waals surface area contributed by atoms with Gasteiger partial charge in [0.2, 0.25) is 5.91 Å². The lowest BCUT2D eigenvalue weighted by atomic mass is 9.87. The van der Waals surface area contributed by atoms with Gasteiger partial charge < -0.3 is 9.88 Å². The van der Waals surface area contributed by atoms with Crippen LogP contribution in [0.1, 0.15) is 29.0 Å². The number of aromatic nitrogens is 2. The maximum atomic E-state index is 14.7. The number of pyridine rings is 1. The Hall–Kier alpha value is -3.47. The van der Waals surface area contributed by atoms with Crippen LogP contribution in [0.2, 0.25) is 0 Å². The molecule has 4 aromatic rings. The monoisotopic (exact) mass is 387 g/mol. The van der Waals surface area contributed by atoms with Crippen LogP contribution in [-0.4, -0.2) is 15.5 Å². The van der Waals surface area contributed by atoms with E-state index in [1.807, 2.05) is 60.3 Å². The Labute approximate surface area is 169 Å². The molecule has 1 unspecified atom stereocenters. The lowest BCUT2D eigenvalue weighted by molar-refractivity contribution is -0.121. The van der Waals surface area contributed by atoms with Crippen molar-refractivity contribution in [3.05, 3.63) is 102 Å². The van der Waals surface area contributed by atoms with Gasteiger partial charge in [0.15, 0.2) is 0 Å². The zero-order valence-electron chi connectivity index (χ0n) is 16.2. The van der Waals surface area contributed by atoms with Crippen molar-refractivity contribution in [3.63, 3.8) is 0 Å². The number of hydrogen-bond donors (Lipinski definition) is 1. The smallest absolute Gasteiger partial charge is 0.221 e. The quantitative estimate of drug-likeness (QED) is 0.528. The molecule has 5 heteroatoms. The number of para-hydroxylation sites is 1. The lowest BCUT2D eigenvalue weighted by Gasteiger charge is -2.18. The standard InChI is InChI=1S/C24H22FN3O/c1-28-16-21(19-7-3-5-9-23(19)28)20(18-6-2-4-8-22(18)25)14-24(29)27-15-17-10-12-26-13-11-17/h2-13,16,20H,14-15H2,1H3,(H,27,29). The molecule has 0 aliphatic heterocycles. The highest BCUT2D eigenvalue weighted by molar-refractivity contribution is 5.86. The number of carbonyl (C=O) groups excluding carboxylic acids is 1. The zero-order chi connectivity index (χ0) is 20.2. The molecule has 146 valence electrons. The molecular weight excluding hydrogens is 365 g/mol. The SMILES string of the molecule is Cn1cc(C(CC(=O)NCc2ccncc2)c2ccccc2F)c2ccccc21. The lowest BCUT2D eigenvalue weighted by Crippen LogP contribution is -2.25. The molecule has 1 N–H and O–H groups in total. The van der Waals surface area contributed by atoms with E-state index in [2.05, 4.69) is 10.3 Å². The molecule has 29 heavy (non-hydrogen) atoms. The first kappa shape index (κ1) is 18.9. The number of aryl methyl sites for hydroxylation is 1. The average Bonchev–Trinajstić information content (AvgIpc) is 3.09. The van der Waals surface area contributed by atoms with Gasteiger partial charge in [0.25, 0.3) is 0 Å². The fourth-order valence-electron chi connectivity index (χ4n) is 3.75. The first-order valence-corrected chi connectivity index (χ1v) is 9.57. The summed E-state index contributed by atoms with van der Waals surface area (Å²) in [7, 11) is 1.97. The van der Waals surface area contributed by atoms with E-state index in [9.17, 15) is 9.18 Å². The van der Waals surface area contributed by atoms with Gasteiger partial charge in [0, 0.05) is 55.4 Å². The van der Waals surface area contributed by atoms with Crippen molar-refractivity contribution in [2.75, 3.05) is 0 Å². The zero-order valence-corrected chi connectivity index (χ0v) is 16.2. The first-order chi connectivity index (χ1) is 14.1. The van der Waals surface area contributed by atoms with Crippen LogP contribution in [0.3, 0.4) is 0 Å². The number of hydrogen-bond acceptors (Lipinski definition) is 2. The van der Waals surface area contributed by atoms with Gasteiger partial charge >= 0.3 is 0 Å². The molecule has 1 amide bonds. The van der Waals surface area contributed by atoms with E-state index in [1.54, 1.807) is 24.5 Å². The summed E-state index contributed by atoms with van der Waals surface area (Å²) < 4.78 is 16.7. The maximum absolute atomic E-state index is 14.7. The van der Waals surface area contributed by atoms with E-state index in [0.29, 0.717) is 12.1 Å². The van der Waals surface area contributed by atoms with Crippen LogP contribution < -0.4 is 5.32 Å². The Balaban J connectivity index is 1.66. The summed E-state index contributed by atoms with van der Waals surface area (Å²) in [5.41, 5.74) is 3.51. The molecule has 0 saturated carbocycles. The number of rotatable bonds is 6. The minimum absolute atomic E-state index is 0.122. The molecule has 4 rings (SSSR count). The van der Waals surface area contributed by atoms with E-state index in [-0.39, 0.29) is 24.1 Å². The predicted octanol–water partition coefficient (Wildman–Crippen LogP) is 4.55. The Kier molecular flexibility index (Phi) is 5.38. The van der Waals surface area contributed by atoms with Gasteiger partial charge in [-0.1, -0.05) is 36.4 Å². The Morgan fingerprint density at radius 2 is 1.76 bits per heavy atom. The number of nitrogens with one attached hydrogen (secondary N) is 1. The summed E-state index contributed by atoms with van der Waals surface area (Å²) in [6, 6.07) is 18.4. The van der Waals surface area contributed by atoms with Crippen LogP contribution in [-0.2, 0) is 18.4 Å². The van der Waals surface area contributed by atoms with Crippen LogP contribution in [0, 0.1) is 5.82 Å². The molecule has 2 heterocycles. The molecule has 0 aliphatic rings. The molecule has 2 aromatic carbocycles. The third kappa shape index (κ3) is 4.04. The number of nitrogens with zero attached hydrogens (tertiary/aromatic N) is 2. The van der Waals surface area contributed by atoms with Gasteiger partial charge in [-0.3, -0.25) is 9.78 Å². The van der Waals surface area contributed by atoms with Crippen LogP contribution in [0.15, 0.2) is 79.3 Å². The number of halogens is 1. The summed E-state index contributed by atoms with van der Waals surface area (Å²) in [5.74, 6) is -0.796. The van der Waals surface area contributed by atoms with Crippen molar-refractivity contribution in [2.45, 2.75) is 18.9 Å². The molecule has 0 aliphatic carbocycles. The van der Waals surface area contributed by atoms with Crippen LogP contribution in [0.25, 0.3) is 10.9 Å². The molecular formula is C24H22FN3O. The Morgan fingerprint density at radius 1 is 1.03 bits per heavy atom. The van der Waals surface area contributed by atoms with Gasteiger partial charge in [0.05, 0.1) is 0 Å². The first-order valence-electron chi connectivity index (χ1n) is 9.57. The van der Waals surface area contributed by atoms with Crippen molar-refractivity contribution >= 4 is 16.8 Å². The predicted molar refractivity (Wildman–Crippen MR) is 112 cm³/mol. The third-order valence-electron chi connectivity index (χ3n) is 5.21. The number of amides is 1. The highest BCUT2D eigenvalue weighted by Crippen LogP contribution is 2.35. The summed E-state index contributed by atoms with van der Waals surface area (Å²) in [4.78, 5) is 16.8. The molecule has 0 radical (unpaired) electrons. The number of carbonyl (C=O) groups is 1. The maximum Gasteiger partial charge on any atom is 0.221 e. The second kappa shape index (κ2) is 8.27. The van der Waals surface area contributed by atoms with Crippen molar-refractivity contribution in [1.29, 1.82) is 0 Å². The second-order valence-corrected chi connectivity index (χ2v) is 7.12. The van der Waals surface area contributed by atoms with Crippen molar-refractivity contribution < 1.29 is 9.18 Å². The van der Waals surface area contributed by atoms with E-state index in [4.69, 9.17) is 0 Å². The highest BCUT2D eigenvalue weighted by atomic mass is 19.1. The fourth-order valence-corrected chi connectivity index (χ4v) is 3.75. The van der Waals surface area contributed by atoms with E-state index >= 15 is 0 Å². The van der Waals surface area contributed by atoms with Crippen LogP contribution >= 0.6 is 0 Å². The van der Waals surface area contributed by atoms with Crippen LogP contribution in [0.5, 0.6) is 0 Å². The normalized spacial score (nSPS) is 12.1. The van der Waals surface area contributed by atoms with Gasteiger partial charge in [-0.15, -0.1) is 0 Å². The Bertz CT molecular complexity index is 1140. The van der Waals surface area contributed by atoms with Crippen molar-refractivity contribution in [3.8, 4) is 0 Å². The highest BCUT2D eigenvalue weighted by Gasteiger charge is 2.24. The largest absolute Gasteiger partial charge is 0.352 e.